The highest BCUT2D eigenvalue weighted by atomic mass is 32.2. The maximum absolute atomic E-state index is 11.5. The number of nitrogens with zero attached hydrogens (tertiary/aromatic N) is 1. The molecule has 0 unspecified atom stereocenters. The van der Waals surface area contributed by atoms with Crippen molar-refractivity contribution in [1.29, 1.82) is 0 Å². The second kappa shape index (κ2) is 8.48. The van der Waals surface area contributed by atoms with Crippen LogP contribution in [0.15, 0.2) is 29.2 Å². The van der Waals surface area contributed by atoms with Gasteiger partial charge in [0, 0.05) is 13.1 Å². The van der Waals surface area contributed by atoms with E-state index in [0.29, 0.717) is 5.56 Å². The Morgan fingerprint density at radius 2 is 1.67 bits per heavy atom. The zero-order valence-corrected chi connectivity index (χ0v) is 15.6. The Labute approximate surface area is 144 Å². The lowest BCUT2D eigenvalue weighted by molar-refractivity contribution is 0.0216. The topological polar surface area (TPSA) is 83.9 Å². The van der Waals surface area contributed by atoms with Crippen LogP contribution in [0.1, 0.15) is 45.6 Å². The van der Waals surface area contributed by atoms with Gasteiger partial charge in [-0.2, -0.15) is 8.42 Å². The van der Waals surface area contributed by atoms with Crippen molar-refractivity contribution in [2.24, 2.45) is 0 Å². The van der Waals surface area contributed by atoms with Crippen LogP contribution in [0, 0.1) is 6.92 Å². The smallest absolute Gasteiger partial charge is 0.410 e. The number of benzene rings is 1. The molecule has 7 heteroatoms. The van der Waals surface area contributed by atoms with Gasteiger partial charge in [-0.05, 0) is 58.6 Å². The molecule has 1 aromatic carbocycles. The molecule has 24 heavy (non-hydrogen) atoms. The SMILES string of the molecule is CC(C)(C)OC(=O)N1CCCCC1.Cc1ccccc1S(=O)(=O)O. The molecule has 1 saturated heterocycles. The summed E-state index contributed by atoms with van der Waals surface area (Å²) in [5, 5.41) is 0. The van der Waals surface area contributed by atoms with Crippen LogP contribution in [-0.4, -0.2) is 42.7 Å². The van der Waals surface area contributed by atoms with Gasteiger partial charge in [0.25, 0.3) is 10.1 Å². The zero-order chi connectivity index (χ0) is 18.4. The highest BCUT2D eigenvalue weighted by Crippen LogP contribution is 2.14. The molecule has 0 bridgehead atoms. The highest BCUT2D eigenvalue weighted by molar-refractivity contribution is 7.85. The monoisotopic (exact) mass is 357 g/mol. The van der Waals surface area contributed by atoms with Crippen molar-refractivity contribution in [3.05, 3.63) is 29.8 Å². The lowest BCUT2D eigenvalue weighted by atomic mass is 10.1. The molecular weight excluding hydrogens is 330 g/mol. The third-order valence-corrected chi connectivity index (χ3v) is 4.39. The number of ether oxygens (including phenoxy) is 1. The normalized spacial score (nSPS) is 15.3. The third-order valence-electron chi connectivity index (χ3n) is 3.38. The predicted octanol–water partition coefficient (Wildman–Crippen LogP) is 3.65. The van der Waals surface area contributed by atoms with Crippen LogP contribution in [0.5, 0.6) is 0 Å². The Morgan fingerprint density at radius 1 is 1.12 bits per heavy atom. The summed E-state index contributed by atoms with van der Waals surface area (Å²) in [7, 11) is -4.03. The molecule has 1 aliphatic rings. The van der Waals surface area contributed by atoms with Crippen LogP contribution in [0.3, 0.4) is 0 Å². The Balaban J connectivity index is 0.000000243. The number of hydrogen-bond acceptors (Lipinski definition) is 4. The van der Waals surface area contributed by atoms with Gasteiger partial charge in [-0.3, -0.25) is 4.55 Å². The maximum atomic E-state index is 11.5. The summed E-state index contributed by atoms with van der Waals surface area (Å²) in [6, 6.07) is 6.27. The van der Waals surface area contributed by atoms with Gasteiger partial charge in [-0.15, -0.1) is 0 Å². The fraction of sp³-hybridized carbons (Fsp3) is 0.588. The van der Waals surface area contributed by atoms with E-state index in [9.17, 15) is 13.2 Å². The molecule has 6 nitrogen and oxygen atoms in total. The molecule has 1 heterocycles. The Bertz CT molecular complexity index is 643. The minimum absolute atomic E-state index is 0.0278. The van der Waals surface area contributed by atoms with Crippen molar-refractivity contribution in [2.45, 2.75) is 57.5 Å². The van der Waals surface area contributed by atoms with E-state index in [1.54, 1.807) is 30.0 Å². The Kier molecular flexibility index (Phi) is 7.23. The van der Waals surface area contributed by atoms with Gasteiger partial charge < -0.3 is 9.64 Å². The number of amides is 1. The minimum Gasteiger partial charge on any atom is -0.444 e. The van der Waals surface area contributed by atoms with Gasteiger partial charge in [-0.1, -0.05) is 18.2 Å². The first-order valence-corrected chi connectivity index (χ1v) is 9.46. The molecule has 1 fully saturated rings. The highest BCUT2D eigenvalue weighted by Gasteiger charge is 2.22. The van der Waals surface area contributed by atoms with E-state index in [1.165, 1.54) is 12.5 Å². The first-order valence-electron chi connectivity index (χ1n) is 8.02. The third kappa shape index (κ3) is 7.31. The van der Waals surface area contributed by atoms with E-state index < -0.39 is 10.1 Å². The lowest BCUT2D eigenvalue weighted by Gasteiger charge is -2.29. The van der Waals surface area contributed by atoms with Crippen LogP contribution >= 0.6 is 0 Å². The summed E-state index contributed by atoms with van der Waals surface area (Å²) < 4.78 is 35.1. The summed E-state index contributed by atoms with van der Waals surface area (Å²) in [6.07, 6.45) is 3.30. The van der Waals surface area contributed by atoms with E-state index >= 15 is 0 Å². The number of piperidine rings is 1. The summed E-state index contributed by atoms with van der Waals surface area (Å²) >= 11 is 0. The van der Waals surface area contributed by atoms with E-state index in [1.807, 2.05) is 20.8 Å². The number of rotatable bonds is 1. The van der Waals surface area contributed by atoms with Crippen LogP contribution in [0.4, 0.5) is 4.79 Å². The first kappa shape index (κ1) is 20.4. The molecule has 0 aromatic heterocycles. The summed E-state index contributed by atoms with van der Waals surface area (Å²) in [5.74, 6) is 0. The molecule has 0 saturated carbocycles. The molecule has 0 aliphatic carbocycles. The minimum atomic E-state index is -4.03. The summed E-state index contributed by atoms with van der Waals surface area (Å²) in [6.45, 7) is 9.03. The maximum Gasteiger partial charge on any atom is 0.410 e. The van der Waals surface area contributed by atoms with Gasteiger partial charge in [0.05, 0.1) is 4.90 Å². The molecule has 1 N–H and O–H groups in total. The standard InChI is InChI=1S/C10H19NO2.C7H8O3S/c1-10(2,3)13-9(12)11-7-5-4-6-8-11;1-6-4-2-3-5-7(6)11(8,9)10/h4-8H2,1-3H3;2-5H,1H3,(H,8,9,10). The predicted molar refractivity (Wildman–Crippen MR) is 92.7 cm³/mol. The first-order chi connectivity index (χ1) is 11.0. The van der Waals surface area contributed by atoms with E-state index in [2.05, 4.69) is 0 Å². The van der Waals surface area contributed by atoms with E-state index in [4.69, 9.17) is 9.29 Å². The molecule has 1 aromatic rings. The van der Waals surface area contributed by atoms with Crippen molar-refractivity contribution < 1.29 is 22.5 Å². The molecule has 0 atom stereocenters. The zero-order valence-electron chi connectivity index (χ0n) is 14.8. The molecule has 136 valence electrons. The second-order valence-corrected chi connectivity index (χ2v) is 8.16. The second-order valence-electron chi connectivity index (χ2n) is 6.77. The molecule has 2 rings (SSSR count). The average Bonchev–Trinajstić information content (AvgIpc) is 2.46. The van der Waals surface area contributed by atoms with E-state index in [-0.39, 0.29) is 16.6 Å². The van der Waals surface area contributed by atoms with Gasteiger partial charge in [0.15, 0.2) is 0 Å². The molecular formula is C17H27NO5S. The van der Waals surface area contributed by atoms with Crippen LogP contribution in [-0.2, 0) is 14.9 Å². The van der Waals surface area contributed by atoms with Gasteiger partial charge in [0.1, 0.15) is 5.60 Å². The molecule has 1 aliphatic heterocycles. The number of likely N-dealkylation sites (tertiary alicyclic amines) is 1. The quantitative estimate of drug-likeness (QED) is 0.776. The van der Waals surface area contributed by atoms with Crippen molar-refractivity contribution in [3.63, 3.8) is 0 Å². The van der Waals surface area contributed by atoms with Crippen LogP contribution in [0.2, 0.25) is 0 Å². The number of carbonyl (C=O) groups excluding carboxylic acids is 1. The van der Waals surface area contributed by atoms with Crippen molar-refractivity contribution >= 4 is 16.2 Å². The number of hydrogen-bond donors (Lipinski definition) is 1. The summed E-state index contributed by atoms with van der Waals surface area (Å²) in [4.78, 5) is 13.3. The molecule has 0 spiro atoms. The van der Waals surface area contributed by atoms with Gasteiger partial charge in [-0.25, -0.2) is 4.79 Å². The van der Waals surface area contributed by atoms with Crippen molar-refractivity contribution in [3.8, 4) is 0 Å². The Morgan fingerprint density at radius 3 is 2.08 bits per heavy atom. The van der Waals surface area contributed by atoms with Crippen LogP contribution < -0.4 is 0 Å². The summed E-state index contributed by atoms with van der Waals surface area (Å²) in [5.41, 5.74) is 0.184. The average molecular weight is 357 g/mol. The van der Waals surface area contributed by atoms with E-state index in [0.717, 1.165) is 25.9 Å². The molecule has 0 radical (unpaired) electrons. The largest absolute Gasteiger partial charge is 0.444 e. The van der Waals surface area contributed by atoms with Crippen LogP contribution in [0.25, 0.3) is 0 Å². The molecule has 1 amide bonds. The van der Waals surface area contributed by atoms with Gasteiger partial charge >= 0.3 is 6.09 Å². The van der Waals surface area contributed by atoms with Crippen molar-refractivity contribution in [2.75, 3.05) is 13.1 Å². The number of carbonyl (C=O) groups is 1. The fourth-order valence-electron chi connectivity index (χ4n) is 2.25. The fourth-order valence-corrected chi connectivity index (χ4v) is 2.97. The van der Waals surface area contributed by atoms with Crippen molar-refractivity contribution in [1.82, 2.24) is 4.90 Å². The Hall–Kier alpha value is -1.60. The number of aryl methyl sites for hydroxylation is 1. The van der Waals surface area contributed by atoms with Gasteiger partial charge in [0.2, 0.25) is 0 Å². The lowest BCUT2D eigenvalue weighted by Crippen LogP contribution is -2.39.